The minimum absolute atomic E-state index is 0.556. The molecular weight excluding hydrogens is 352 g/mol. The standard InChI is InChI=1S/C22H38N4O2/c1-5-23-22(24-12-13-26(6-2)20-10-11-20)25-17-19-9-8-18(4)16-21(19)28-15-14-27-7-3/h8-9,16,20H,5-7,10-15,17H2,1-4H3,(H2,23,24,25). The van der Waals surface area contributed by atoms with E-state index in [2.05, 4.69) is 54.5 Å². The van der Waals surface area contributed by atoms with Crippen LogP contribution in [-0.2, 0) is 11.3 Å². The molecule has 1 saturated carbocycles. The molecule has 1 aliphatic rings. The smallest absolute Gasteiger partial charge is 0.191 e. The largest absolute Gasteiger partial charge is 0.491 e. The summed E-state index contributed by atoms with van der Waals surface area (Å²) in [6, 6.07) is 7.08. The third-order valence-electron chi connectivity index (χ3n) is 4.82. The minimum Gasteiger partial charge on any atom is -0.491 e. The van der Waals surface area contributed by atoms with Crippen molar-refractivity contribution in [1.29, 1.82) is 0 Å². The van der Waals surface area contributed by atoms with Crippen LogP contribution in [-0.4, -0.2) is 62.9 Å². The molecule has 1 aromatic carbocycles. The number of hydrogen-bond acceptors (Lipinski definition) is 4. The average molecular weight is 391 g/mol. The molecule has 0 spiro atoms. The molecule has 0 bridgehead atoms. The maximum Gasteiger partial charge on any atom is 0.191 e. The summed E-state index contributed by atoms with van der Waals surface area (Å²) in [4.78, 5) is 7.31. The quantitative estimate of drug-likeness (QED) is 0.308. The van der Waals surface area contributed by atoms with E-state index in [-0.39, 0.29) is 0 Å². The Bertz CT molecular complexity index is 602. The van der Waals surface area contributed by atoms with Crippen LogP contribution in [0, 0.1) is 6.92 Å². The van der Waals surface area contributed by atoms with Crippen molar-refractivity contribution in [2.24, 2.45) is 4.99 Å². The molecule has 0 heterocycles. The van der Waals surface area contributed by atoms with Gasteiger partial charge in [-0.1, -0.05) is 19.1 Å². The second-order valence-electron chi connectivity index (χ2n) is 7.14. The van der Waals surface area contributed by atoms with Gasteiger partial charge in [-0.2, -0.15) is 0 Å². The Balaban J connectivity index is 1.91. The van der Waals surface area contributed by atoms with E-state index < -0.39 is 0 Å². The maximum atomic E-state index is 5.93. The van der Waals surface area contributed by atoms with Crippen molar-refractivity contribution in [3.8, 4) is 5.75 Å². The topological polar surface area (TPSA) is 58.1 Å². The van der Waals surface area contributed by atoms with E-state index in [9.17, 15) is 0 Å². The van der Waals surface area contributed by atoms with Crippen molar-refractivity contribution in [2.75, 3.05) is 46.0 Å². The molecule has 1 aromatic rings. The Morgan fingerprint density at radius 3 is 2.68 bits per heavy atom. The van der Waals surface area contributed by atoms with Crippen LogP contribution in [0.2, 0.25) is 0 Å². The van der Waals surface area contributed by atoms with Gasteiger partial charge in [-0.25, -0.2) is 4.99 Å². The molecule has 0 atom stereocenters. The number of guanidine groups is 1. The maximum absolute atomic E-state index is 5.93. The number of ether oxygens (including phenoxy) is 2. The zero-order valence-corrected chi connectivity index (χ0v) is 18.1. The molecule has 6 heteroatoms. The SMILES string of the molecule is CCNC(=NCc1ccc(C)cc1OCCOCC)NCCN(CC)C1CC1. The van der Waals surface area contributed by atoms with Crippen molar-refractivity contribution in [3.63, 3.8) is 0 Å². The summed E-state index contributed by atoms with van der Waals surface area (Å²) in [5, 5.41) is 6.81. The van der Waals surface area contributed by atoms with Gasteiger partial charge in [0, 0.05) is 37.8 Å². The summed E-state index contributed by atoms with van der Waals surface area (Å²) in [5.41, 5.74) is 2.27. The first-order valence-corrected chi connectivity index (χ1v) is 10.7. The number of rotatable bonds is 13. The van der Waals surface area contributed by atoms with Crippen LogP contribution in [0.4, 0.5) is 0 Å². The highest BCUT2D eigenvalue weighted by Crippen LogP contribution is 2.25. The molecule has 0 radical (unpaired) electrons. The van der Waals surface area contributed by atoms with Gasteiger partial charge in [-0.05, 0) is 51.8 Å². The highest BCUT2D eigenvalue weighted by molar-refractivity contribution is 5.79. The Labute approximate surface area is 170 Å². The van der Waals surface area contributed by atoms with Crippen LogP contribution in [0.5, 0.6) is 5.75 Å². The molecule has 0 aromatic heterocycles. The van der Waals surface area contributed by atoms with E-state index in [0.717, 1.165) is 49.5 Å². The van der Waals surface area contributed by atoms with Crippen LogP contribution in [0.25, 0.3) is 0 Å². The lowest BCUT2D eigenvalue weighted by molar-refractivity contribution is 0.110. The first-order chi connectivity index (χ1) is 13.7. The second kappa shape index (κ2) is 12.6. The molecule has 1 fully saturated rings. The molecule has 2 rings (SSSR count). The van der Waals surface area contributed by atoms with Crippen molar-refractivity contribution in [3.05, 3.63) is 29.3 Å². The second-order valence-corrected chi connectivity index (χ2v) is 7.14. The molecule has 6 nitrogen and oxygen atoms in total. The summed E-state index contributed by atoms with van der Waals surface area (Å²) >= 11 is 0. The normalized spacial score (nSPS) is 14.4. The van der Waals surface area contributed by atoms with E-state index in [1.54, 1.807) is 0 Å². The number of nitrogens with zero attached hydrogens (tertiary/aromatic N) is 2. The van der Waals surface area contributed by atoms with Crippen LogP contribution in [0.1, 0.15) is 44.7 Å². The van der Waals surface area contributed by atoms with Crippen molar-refractivity contribution >= 4 is 5.96 Å². The number of likely N-dealkylation sites (N-methyl/N-ethyl adjacent to an activating group) is 1. The van der Waals surface area contributed by atoms with Crippen molar-refractivity contribution in [1.82, 2.24) is 15.5 Å². The number of benzene rings is 1. The summed E-state index contributed by atoms with van der Waals surface area (Å²) in [6.07, 6.45) is 2.70. The van der Waals surface area contributed by atoms with Gasteiger partial charge in [-0.15, -0.1) is 0 Å². The van der Waals surface area contributed by atoms with Gasteiger partial charge in [0.05, 0.1) is 13.2 Å². The zero-order valence-electron chi connectivity index (χ0n) is 18.1. The first kappa shape index (κ1) is 22.5. The van der Waals surface area contributed by atoms with Gasteiger partial charge in [0.25, 0.3) is 0 Å². The number of aliphatic imine (C=N–C) groups is 1. The minimum atomic E-state index is 0.556. The van der Waals surface area contributed by atoms with E-state index in [4.69, 9.17) is 14.5 Å². The predicted octanol–water partition coefficient (Wildman–Crippen LogP) is 2.95. The highest BCUT2D eigenvalue weighted by Gasteiger charge is 2.27. The van der Waals surface area contributed by atoms with E-state index >= 15 is 0 Å². The Morgan fingerprint density at radius 2 is 2.00 bits per heavy atom. The molecule has 2 N–H and O–H groups in total. The van der Waals surface area contributed by atoms with Crippen molar-refractivity contribution in [2.45, 2.75) is 53.1 Å². The van der Waals surface area contributed by atoms with E-state index in [0.29, 0.717) is 26.4 Å². The van der Waals surface area contributed by atoms with Gasteiger partial charge in [0.1, 0.15) is 12.4 Å². The zero-order chi connectivity index (χ0) is 20.2. The summed E-state index contributed by atoms with van der Waals surface area (Å²) < 4.78 is 11.3. The fraction of sp³-hybridized carbons (Fsp3) is 0.682. The summed E-state index contributed by atoms with van der Waals surface area (Å²) in [5.74, 6) is 1.75. The lowest BCUT2D eigenvalue weighted by Gasteiger charge is -2.20. The van der Waals surface area contributed by atoms with E-state index in [1.807, 2.05) is 6.92 Å². The number of aryl methyl sites for hydroxylation is 1. The monoisotopic (exact) mass is 390 g/mol. The van der Waals surface area contributed by atoms with Crippen LogP contribution in [0.3, 0.4) is 0 Å². The molecule has 0 unspecified atom stereocenters. The molecular formula is C22H38N4O2. The van der Waals surface area contributed by atoms with E-state index in [1.165, 1.54) is 18.4 Å². The summed E-state index contributed by atoms with van der Waals surface area (Å²) in [6.45, 7) is 14.8. The third-order valence-corrected chi connectivity index (χ3v) is 4.82. The number of hydrogen-bond donors (Lipinski definition) is 2. The highest BCUT2D eigenvalue weighted by atomic mass is 16.5. The van der Waals surface area contributed by atoms with Crippen LogP contribution < -0.4 is 15.4 Å². The molecule has 0 amide bonds. The van der Waals surface area contributed by atoms with Gasteiger partial charge < -0.3 is 20.1 Å². The third kappa shape index (κ3) is 8.07. The lowest BCUT2D eigenvalue weighted by Crippen LogP contribution is -2.42. The Hall–Kier alpha value is -1.79. The average Bonchev–Trinajstić information content (AvgIpc) is 3.53. The Morgan fingerprint density at radius 1 is 1.18 bits per heavy atom. The Kier molecular flexibility index (Phi) is 10.1. The van der Waals surface area contributed by atoms with Crippen LogP contribution >= 0.6 is 0 Å². The predicted molar refractivity (Wildman–Crippen MR) is 116 cm³/mol. The molecule has 158 valence electrons. The van der Waals surface area contributed by atoms with Gasteiger partial charge in [-0.3, -0.25) is 4.90 Å². The lowest BCUT2D eigenvalue weighted by atomic mass is 10.1. The summed E-state index contributed by atoms with van der Waals surface area (Å²) in [7, 11) is 0. The fourth-order valence-electron chi connectivity index (χ4n) is 3.14. The van der Waals surface area contributed by atoms with Crippen molar-refractivity contribution < 1.29 is 9.47 Å². The molecule has 28 heavy (non-hydrogen) atoms. The fourth-order valence-corrected chi connectivity index (χ4v) is 3.14. The van der Waals surface area contributed by atoms with Gasteiger partial charge >= 0.3 is 0 Å². The van der Waals surface area contributed by atoms with Gasteiger partial charge in [0.15, 0.2) is 5.96 Å². The number of nitrogens with one attached hydrogen (secondary N) is 2. The molecule has 0 aliphatic heterocycles. The molecule has 1 aliphatic carbocycles. The molecule has 0 saturated heterocycles. The van der Waals surface area contributed by atoms with Crippen LogP contribution in [0.15, 0.2) is 23.2 Å². The van der Waals surface area contributed by atoms with Gasteiger partial charge in [0.2, 0.25) is 0 Å². The first-order valence-electron chi connectivity index (χ1n) is 10.7.